The average Bonchev–Trinajstić information content (AvgIpc) is 3.98. The molecule has 20 heteroatoms. The minimum atomic E-state index is -0.642. The number of carbonyl (C=O) groups is 6. The number of amides is 6. The molecule has 2 saturated heterocycles. The summed E-state index contributed by atoms with van der Waals surface area (Å²) in [5, 5.41) is 14.8. The maximum absolute atomic E-state index is 13.0. The Hall–Kier alpha value is -4.21. The number of likely N-dealkylation sites (N-methyl/N-ethyl adjacent to an activating group) is 1. The molecule has 0 bridgehead atoms. The largest absolute Gasteiger partial charge is 0.444 e. The molecular weight excluding hydrogens is 805 g/mol. The highest BCUT2D eigenvalue weighted by molar-refractivity contribution is 8.00. The van der Waals surface area contributed by atoms with E-state index in [1.54, 1.807) is 24.2 Å². The van der Waals surface area contributed by atoms with E-state index in [4.69, 9.17) is 4.42 Å². The fourth-order valence-corrected chi connectivity index (χ4v) is 9.56. The summed E-state index contributed by atoms with van der Waals surface area (Å²) in [6.07, 6.45) is 5.40. The fraction of sp³-hybridized carbons (Fsp3) is 0.579. The van der Waals surface area contributed by atoms with Gasteiger partial charge in [-0.1, -0.05) is 32.1 Å². The molecule has 3 aromatic rings. The zero-order valence-corrected chi connectivity index (χ0v) is 35.8. The first kappa shape index (κ1) is 43.4. The molecule has 0 aromatic carbocycles. The van der Waals surface area contributed by atoms with E-state index in [1.807, 2.05) is 13.1 Å². The highest BCUT2D eigenvalue weighted by atomic mass is 32.2. The highest BCUT2D eigenvalue weighted by Crippen LogP contribution is 2.34. The lowest BCUT2D eigenvalue weighted by Gasteiger charge is -2.30. The number of piperidine rings is 2. The topological polar surface area (TPSA) is 211 Å². The molecule has 0 saturated carbocycles. The Morgan fingerprint density at radius 3 is 2.52 bits per heavy atom. The van der Waals surface area contributed by atoms with Gasteiger partial charge in [0, 0.05) is 55.4 Å². The molecule has 17 nitrogen and oxygen atoms in total. The van der Waals surface area contributed by atoms with E-state index in [0.717, 1.165) is 20.4 Å². The molecule has 1 atom stereocenters. The van der Waals surface area contributed by atoms with Crippen molar-refractivity contribution in [3.8, 4) is 0 Å². The van der Waals surface area contributed by atoms with Crippen molar-refractivity contribution in [3.63, 3.8) is 0 Å². The molecule has 5 N–H and O–H groups in total. The van der Waals surface area contributed by atoms with Gasteiger partial charge in [0.05, 0.1) is 46.9 Å². The fourth-order valence-electron chi connectivity index (χ4n) is 6.77. The lowest BCUT2D eigenvalue weighted by Crippen LogP contribution is -2.52. The molecule has 58 heavy (non-hydrogen) atoms. The van der Waals surface area contributed by atoms with Crippen LogP contribution >= 0.6 is 34.4 Å². The van der Waals surface area contributed by atoms with Gasteiger partial charge in [0.25, 0.3) is 5.91 Å². The minimum absolute atomic E-state index is 0.0431. The number of likely N-dealkylation sites (tertiary alicyclic amines) is 1. The molecule has 6 heterocycles. The number of rotatable bonds is 18. The molecule has 3 aliphatic heterocycles. The van der Waals surface area contributed by atoms with E-state index in [1.165, 1.54) is 27.6 Å². The van der Waals surface area contributed by atoms with Crippen LogP contribution in [0, 0.1) is 5.92 Å². The number of hydrogen-bond acceptors (Lipinski definition) is 15. The van der Waals surface area contributed by atoms with Crippen LogP contribution in [0.25, 0.3) is 0 Å². The number of thioether (sulfide) groups is 1. The number of fused-ring (bicyclic) bond motifs is 1. The molecule has 3 aromatic heterocycles. The van der Waals surface area contributed by atoms with Crippen molar-refractivity contribution in [2.24, 2.45) is 5.92 Å². The smallest absolute Gasteiger partial charge is 0.265 e. The Bertz CT molecular complexity index is 1970. The van der Waals surface area contributed by atoms with Gasteiger partial charge in [-0.25, -0.2) is 9.97 Å². The third-order valence-corrected chi connectivity index (χ3v) is 13.4. The SMILES string of the molecule is CN(CCNCC(=O)NCc1cc2c(s1)C(=O)N(C1CCC(=O)NC1=O)C2)CCNC(=O)CN1CCC(C(=O)Nc2ncc(SCc3ncc(C(C)(C)C)o3)s2)CC1. The Morgan fingerprint density at radius 1 is 1.02 bits per heavy atom. The number of oxazole rings is 1. The van der Waals surface area contributed by atoms with Crippen LogP contribution in [-0.4, -0.2) is 126 Å². The van der Waals surface area contributed by atoms with Gasteiger partial charge in [0.15, 0.2) is 5.13 Å². The van der Waals surface area contributed by atoms with E-state index in [-0.39, 0.29) is 60.4 Å². The van der Waals surface area contributed by atoms with Crippen LogP contribution in [0.1, 0.15) is 78.2 Å². The summed E-state index contributed by atoms with van der Waals surface area (Å²) in [4.78, 5) is 90.5. The summed E-state index contributed by atoms with van der Waals surface area (Å²) in [5.41, 5.74) is 0.734. The van der Waals surface area contributed by atoms with Crippen LogP contribution in [0.2, 0.25) is 0 Å². The van der Waals surface area contributed by atoms with Crippen molar-refractivity contribution in [2.75, 3.05) is 64.7 Å². The number of anilines is 1. The van der Waals surface area contributed by atoms with Gasteiger partial charge in [0.2, 0.25) is 35.4 Å². The third kappa shape index (κ3) is 11.9. The van der Waals surface area contributed by atoms with E-state index >= 15 is 0 Å². The molecule has 3 aliphatic rings. The zero-order chi connectivity index (χ0) is 41.4. The maximum Gasteiger partial charge on any atom is 0.265 e. The number of aromatic nitrogens is 2. The lowest BCUT2D eigenvalue weighted by molar-refractivity contribution is -0.137. The number of nitrogens with one attached hydrogen (secondary N) is 5. The van der Waals surface area contributed by atoms with Crippen LogP contribution in [0.4, 0.5) is 5.13 Å². The van der Waals surface area contributed by atoms with E-state index in [9.17, 15) is 28.8 Å². The summed E-state index contributed by atoms with van der Waals surface area (Å²) in [6, 6.07) is 1.25. The van der Waals surface area contributed by atoms with Crippen molar-refractivity contribution in [1.29, 1.82) is 0 Å². The summed E-state index contributed by atoms with van der Waals surface area (Å²) >= 11 is 4.31. The second-order valence-electron chi connectivity index (χ2n) is 15.8. The van der Waals surface area contributed by atoms with Crippen LogP contribution in [0.15, 0.2) is 27.1 Å². The predicted octanol–water partition coefficient (Wildman–Crippen LogP) is 2.15. The van der Waals surface area contributed by atoms with Crippen molar-refractivity contribution >= 4 is 75.0 Å². The molecule has 6 rings (SSSR count). The van der Waals surface area contributed by atoms with Gasteiger partial charge in [0.1, 0.15) is 11.8 Å². The van der Waals surface area contributed by atoms with Gasteiger partial charge in [-0.15, -0.1) is 23.1 Å². The maximum atomic E-state index is 13.0. The Labute approximate surface area is 349 Å². The van der Waals surface area contributed by atoms with E-state index < -0.39 is 11.9 Å². The first-order valence-electron chi connectivity index (χ1n) is 19.5. The number of hydrogen-bond donors (Lipinski definition) is 5. The molecule has 0 spiro atoms. The first-order chi connectivity index (χ1) is 27.7. The quantitative estimate of drug-likeness (QED) is 0.0707. The van der Waals surface area contributed by atoms with Crippen molar-refractivity contribution in [1.82, 2.24) is 45.9 Å². The minimum Gasteiger partial charge on any atom is -0.444 e. The second kappa shape index (κ2) is 19.7. The highest BCUT2D eigenvalue weighted by Gasteiger charge is 2.40. The van der Waals surface area contributed by atoms with Gasteiger partial charge < -0.3 is 35.5 Å². The van der Waals surface area contributed by atoms with E-state index in [0.29, 0.717) is 93.3 Å². The van der Waals surface area contributed by atoms with E-state index in [2.05, 4.69) is 67.1 Å². The summed E-state index contributed by atoms with van der Waals surface area (Å²) in [5.74, 6) is 0.731. The molecular formula is C38H52N10O7S3. The molecule has 1 unspecified atom stereocenters. The third-order valence-electron chi connectivity index (χ3n) is 10.1. The van der Waals surface area contributed by atoms with Gasteiger partial charge >= 0.3 is 0 Å². The summed E-state index contributed by atoms with van der Waals surface area (Å²) in [6.45, 7) is 11.0. The van der Waals surface area contributed by atoms with Crippen LogP contribution in [0.5, 0.6) is 0 Å². The van der Waals surface area contributed by atoms with Crippen LogP contribution < -0.4 is 26.6 Å². The summed E-state index contributed by atoms with van der Waals surface area (Å²) < 4.78 is 6.83. The lowest BCUT2D eigenvalue weighted by atomic mass is 9.94. The van der Waals surface area contributed by atoms with Crippen molar-refractivity contribution in [2.45, 2.75) is 81.0 Å². The number of carbonyl (C=O) groups excluding carboxylic acids is 6. The predicted molar refractivity (Wildman–Crippen MR) is 220 cm³/mol. The average molecular weight is 857 g/mol. The molecule has 6 amide bonds. The second-order valence-corrected chi connectivity index (χ2v) is 19.2. The Balaban J connectivity index is 0.776. The Morgan fingerprint density at radius 2 is 1.79 bits per heavy atom. The number of nitrogens with zero attached hydrogens (tertiary/aromatic N) is 5. The van der Waals surface area contributed by atoms with Gasteiger partial charge in [-0.3, -0.25) is 39.0 Å². The van der Waals surface area contributed by atoms with Crippen molar-refractivity contribution < 1.29 is 33.2 Å². The molecule has 314 valence electrons. The Kier molecular flexibility index (Phi) is 14.7. The molecule has 0 radical (unpaired) electrons. The van der Waals surface area contributed by atoms with Gasteiger partial charge in [-0.2, -0.15) is 0 Å². The first-order valence-corrected chi connectivity index (χ1v) is 22.1. The standard InChI is InChI=1S/C38H52N10O7S3/c1-38(2,3)27-17-42-31(55-27)22-56-32-19-43-37(58-32)45-34(52)23-7-11-47(12-8-23)21-30(51)40-10-14-46(4)13-9-39-18-29(50)41-16-25-15-24-20-48(36(54)33(24)57-25)26-5-6-28(49)44-35(26)53/h15,17,19,23,26,39H,5-14,16,18,20-22H2,1-4H3,(H,40,51)(H,41,50)(H,43,45,52)(H,44,49,53). The molecule has 2 fully saturated rings. The normalized spacial score (nSPS) is 17.8. The van der Waals surface area contributed by atoms with Crippen LogP contribution in [0.3, 0.4) is 0 Å². The monoisotopic (exact) mass is 856 g/mol. The van der Waals surface area contributed by atoms with Gasteiger partial charge in [-0.05, 0) is 51.0 Å². The zero-order valence-electron chi connectivity index (χ0n) is 33.3. The van der Waals surface area contributed by atoms with Crippen LogP contribution in [-0.2, 0) is 48.2 Å². The van der Waals surface area contributed by atoms with Crippen molar-refractivity contribution in [3.05, 3.63) is 45.4 Å². The molecule has 0 aliphatic carbocycles. The number of imide groups is 1. The number of thiophene rings is 1. The summed E-state index contributed by atoms with van der Waals surface area (Å²) in [7, 11) is 1.95. The number of thiazole rings is 1.